The van der Waals surface area contributed by atoms with Crippen LogP contribution in [0.25, 0.3) is 0 Å². The molecule has 0 aliphatic heterocycles. The molecule has 6 nitrogen and oxygen atoms in total. The molecule has 0 aliphatic rings. The third kappa shape index (κ3) is 4.17. The minimum absolute atomic E-state index is 0.0281. The summed E-state index contributed by atoms with van der Waals surface area (Å²) in [4.78, 5) is 24.1. The number of carboxylic acids is 1. The highest BCUT2D eigenvalue weighted by Gasteiger charge is 2.22. The number of aliphatic carboxylic acids is 1. The molecule has 6 heteroatoms. The van der Waals surface area contributed by atoms with Gasteiger partial charge in [-0.2, -0.15) is 0 Å². The Balaban J connectivity index is 3.00. The zero-order valence-corrected chi connectivity index (χ0v) is 10.8. The van der Waals surface area contributed by atoms with Gasteiger partial charge in [0.2, 0.25) is 0 Å². The number of benzene rings is 1. The third-order valence-electron chi connectivity index (χ3n) is 2.41. The number of hydrogen-bond acceptors (Lipinski definition) is 4. The lowest BCUT2D eigenvalue weighted by Gasteiger charge is -2.23. The summed E-state index contributed by atoms with van der Waals surface area (Å²) in [6.07, 6.45) is 0. The molecule has 19 heavy (non-hydrogen) atoms. The molecule has 0 heterocycles. The van der Waals surface area contributed by atoms with E-state index in [2.05, 4.69) is 0 Å². The second-order valence-electron chi connectivity index (χ2n) is 4.67. The maximum absolute atomic E-state index is 12.2. The lowest BCUT2D eigenvalue weighted by atomic mass is 10.1. The van der Waals surface area contributed by atoms with Crippen molar-refractivity contribution in [3.05, 3.63) is 23.8 Å². The zero-order valence-electron chi connectivity index (χ0n) is 10.8. The lowest BCUT2D eigenvalue weighted by molar-refractivity contribution is -0.137. The molecule has 1 rings (SSSR count). The number of amides is 1. The second kappa shape index (κ2) is 6.08. The highest BCUT2D eigenvalue weighted by Crippen LogP contribution is 2.24. The van der Waals surface area contributed by atoms with Crippen LogP contribution < -0.4 is 0 Å². The summed E-state index contributed by atoms with van der Waals surface area (Å²) in [5.41, 5.74) is -0.0281. The zero-order chi connectivity index (χ0) is 14.6. The summed E-state index contributed by atoms with van der Waals surface area (Å²) < 4.78 is 0. The quantitative estimate of drug-likeness (QED) is 0.746. The SMILES string of the molecule is CC(C)CN(CC(=O)O)C(=O)c1ccc(O)cc1O. The van der Waals surface area contributed by atoms with Gasteiger partial charge in [0.1, 0.15) is 18.0 Å². The number of nitrogens with zero attached hydrogens (tertiary/aromatic N) is 1. The lowest BCUT2D eigenvalue weighted by Crippen LogP contribution is -2.38. The Kier molecular flexibility index (Phi) is 4.74. The van der Waals surface area contributed by atoms with Crippen LogP contribution in [0.4, 0.5) is 0 Å². The van der Waals surface area contributed by atoms with E-state index in [0.717, 1.165) is 11.0 Å². The van der Waals surface area contributed by atoms with Gasteiger partial charge in [-0.05, 0) is 18.1 Å². The number of aromatic hydroxyl groups is 2. The Bertz CT molecular complexity index is 484. The molecule has 0 saturated heterocycles. The van der Waals surface area contributed by atoms with Crippen molar-refractivity contribution in [3.63, 3.8) is 0 Å². The monoisotopic (exact) mass is 267 g/mol. The van der Waals surface area contributed by atoms with Crippen LogP contribution in [-0.4, -0.2) is 45.2 Å². The molecule has 1 amide bonds. The average molecular weight is 267 g/mol. The first kappa shape index (κ1) is 14.8. The van der Waals surface area contributed by atoms with Crippen molar-refractivity contribution in [2.75, 3.05) is 13.1 Å². The van der Waals surface area contributed by atoms with Crippen molar-refractivity contribution in [1.29, 1.82) is 0 Å². The molecule has 3 N–H and O–H groups in total. The molecular weight excluding hydrogens is 250 g/mol. The Morgan fingerprint density at radius 3 is 2.37 bits per heavy atom. The smallest absolute Gasteiger partial charge is 0.323 e. The summed E-state index contributed by atoms with van der Waals surface area (Å²) in [7, 11) is 0. The maximum Gasteiger partial charge on any atom is 0.323 e. The first-order valence-electron chi connectivity index (χ1n) is 5.84. The predicted molar refractivity (Wildman–Crippen MR) is 68.1 cm³/mol. The Hall–Kier alpha value is -2.24. The molecule has 0 radical (unpaired) electrons. The Morgan fingerprint density at radius 2 is 1.89 bits per heavy atom. The van der Waals surface area contributed by atoms with Crippen molar-refractivity contribution < 1.29 is 24.9 Å². The van der Waals surface area contributed by atoms with E-state index < -0.39 is 18.4 Å². The topological polar surface area (TPSA) is 98.1 Å². The molecule has 0 bridgehead atoms. The predicted octanol–water partition coefficient (Wildman–Crippen LogP) is 1.28. The van der Waals surface area contributed by atoms with Crippen LogP contribution in [0.2, 0.25) is 0 Å². The van der Waals surface area contributed by atoms with Crippen molar-refractivity contribution >= 4 is 11.9 Å². The van der Waals surface area contributed by atoms with E-state index in [0.29, 0.717) is 0 Å². The third-order valence-corrected chi connectivity index (χ3v) is 2.41. The fraction of sp³-hybridized carbons (Fsp3) is 0.385. The van der Waals surface area contributed by atoms with E-state index in [9.17, 15) is 14.7 Å². The molecule has 0 aliphatic carbocycles. The first-order valence-corrected chi connectivity index (χ1v) is 5.84. The fourth-order valence-corrected chi connectivity index (χ4v) is 1.69. The highest BCUT2D eigenvalue weighted by atomic mass is 16.4. The van der Waals surface area contributed by atoms with Gasteiger partial charge >= 0.3 is 5.97 Å². The van der Waals surface area contributed by atoms with Gasteiger partial charge in [0.25, 0.3) is 5.91 Å². The summed E-state index contributed by atoms with van der Waals surface area (Å²) in [6, 6.07) is 3.57. The number of rotatable bonds is 5. The summed E-state index contributed by atoms with van der Waals surface area (Å²) in [6.45, 7) is 3.56. The van der Waals surface area contributed by atoms with Gasteiger partial charge in [-0.1, -0.05) is 13.8 Å². The van der Waals surface area contributed by atoms with Gasteiger partial charge in [0, 0.05) is 12.6 Å². The highest BCUT2D eigenvalue weighted by molar-refractivity contribution is 5.98. The molecule has 104 valence electrons. The van der Waals surface area contributed by atoms with Gasteiger partial charge in [-0.3, -0.25) is 9.59 Å². The number of carbonyl (C=O) groups excluding carboxylic acids is 1. The van der Waals surface area contributed by atoms with Crippen molar-refractivity contribution in [2.45, 2.75) is 13.8 Å². The standard InChI is InChI=1S/C13H17NO5/c1-8(2)6-14(7-12(17)18)13(19)10-4-3-9(15)5-11(10)16/h3-5,8,15-16H,6-7H2,1-2H3,(H,17,18). The number of hydrogen-bond donors (Lipinski definition) is 3. The number of carboxylic acid groups (broad SMARTS) is 1. The van der Waals surface area contributed by atoms with Crippen molar-refractivity contribution in [2.24, 2.45) is 5.92 Å². The first-order chi connectivity index (χ1) is 8.81. The van der Waals surface area contributed by atoms with Gasteiger partial charge in [-0.15, -0.1) is 0 Å². The molecule has 0 aromatic heterocycles. The molecule has 0 spiro atoms. The minimum Gasteiger partial charge on any atom is -0.508 e. The van der Waals surface area contributed by atoms with Crippen LogP contribution in [0.3, 0.4) is 0 Å². The fourth-order valence-electron chi connectivity index (χ4n) is 1.69. The van der Waals surface area contributed by atoms with Gasteiger partial charge in [-0.25, -0.2) is 0 Å². The maximum atomic E-state index is 12.2. The van der Waals surface area contributed by atoms with Crippen LogP contribution >= 0.6 is 0 Å². The summed E-state index contributed by atoms with van der Waals surface area (Å²) in [5.74, 6) is -2.13. The van der Waals surface area contributed by atoms with E-state index >= 15 is 0 Å². The Labute approximate surface area is 110 Å². The van der Waals surface area contributed by atoms with Gasteiger partial charge < -0.3 is 20.2 Å². The normalized spacial score (nSPS) is 10.5. The van der Waals surface area contributed by atoms with E-state index in [-0.39, 0.29) is 29.5 Å². The molecule has 0 unspecified atom stereocenters. The largest absolute Gasteiger partial charge is 0.508 e. The van der Waals surface area contributed by atoms with E-state index in [1.54, 1.807) is 0 Å². The second-order valence-corrected chi connectivity index (χ2v) is 4.67. The molecular formula is C13H17NO5. The van der Waals surface area contributed by atoms with Crippen LogP contribution in [0, 0.1) is 5.92 Å². The van der Waals surface area contributed by atoms with Crippen LogP contribution in [0.5, 0.6) is 11.5 Å². The van der Waals surface area contributed by atoms with Gasteiger partial charge in [0.05, 0.1) is 5.56 Å². The number of phenolic OH excluding ortho intramolecular Hbond substituents is 2. The van der Waals surface area contributed by atoms with Gasteiger partial charge in [0.15, 0.2) is 0 Å². The minimum atomic E-state index is -1.12. The van der Waals surface area contributed by atoms with Crippen LogP contribution in [0.1, 0.15) is 24.2 Å². The number of carbonyl (C=O) groups is 2. The van der Waals surface area contributed by atoms with E-state index in [4.69, 9.17) is 10.2 Å². The van der Waals surface area contributed by atoms with Crippen molar-refractivity contribution in [1.82, 2.24) is 4.90 Å². The molecule has 1 aromatic rings. The molecule has 0 fully saturated rings. The van der Waals surface area contributed by atoms with Crippen molar-refractivity contribution in [3.8, 4) is 11.5 Å². The number of phenols is 2. The van der Waals surface area contributed by atoms with E-state index in [1.165, 1.54) is 12.1 Å². The average Bonchev–Trinajstić information content (AvgIpc) is 2.26. The summed E-state index contributed by atoms with van der Waals surface area (Å²) in [5, 5.41) is 27.6. The van der Waals surface area contributed by atoms with E-state index in [1.807, 2.05) is 13.8 Å². The molecule has 0 atom stereocenters. The Morgan fingerprint density at radius 1 is 1.26 bits per heavy atom. The van der Waals surface area contributed by atoms with Crippen LogP contribution in [0.15, 0.2) is 18.2 Å². The van der Waals surface area contributed by atoms with Crippen LogP contribution in [-0.2, 0) is 4.79 Å². The summed E-state index contributed by atoms with van der Waals surface area (Å²) >= 11 is 0. The molecule has 0 saturated carbocycles. The molecule has 1 aromatic carbocycles.